The molecule has 0 bridgehead atoms. The van der Waals surface area contributed by atoms with Crippen LogP contribution in [0.2, 0.25) is 0 Å². The number of carbonyl (C=O) groups excluding carboxylic acids is 1. The Balaban J connectivity index is 1.31. The molecule has 2 amide bonds. The highest BCUT2D eigenvalue weighted by atomic mass is 16.5. The molecule has 2 aliphatic rings. The van der Waals surface area contributed by atoms with Crippen molar-refractivity contribution in [2.45, 2.75) is 65.5 Å². The zero-order valence-corrected chi connectivity index (χ0v) is 23.1. The highest BCUT2D eigenvalue weighted by molar-refractivity contribution is 5.89. The maximum absolute atomic E-state index is 12.6. The average molecular weight is 534 g/mol. The van der Waals surface area contributed by atoms with E-state index >= 15 is 0 Å². The van der Waals surface area contributed by atoms with E-state index in [1.54, 1.807) is 6.20 Å². The highest BCUT2D eigenvalue weighted by Crippen LogP contribution is 2.46. The second-order valence-electron chi connectivity index (χ2n) is 11.9. The van der Waals surface area contributed by atoms with Crippen molar-refractivity contribution in [3.8, 4) is 11.3 Å². The number of nitrogens with one attached hydrogen (secondary N) is 1. The number of aromatic nitrogens is 4. The van der Waals surface area contributed by atoms with Gasteiger partial charge < -0.3 is 24.7 Å². The Bertz CT molecular complexity index is 1390. The first-order chi connectivity index (χ1) is 18.5. The lowest BCUT2D eigenvalue weighted by atomic mass is 9.84. The summed E-state index contributed by atoms with van der Waals surface area (Å²) >= 11 is 0. The zero-order valence-electron chi connectivity index (χ0n) is 23.1. The number of piperazine rings is 1. The third-order valence-corrected chi connectivity index (χ3v) is 7.87. The van der Waals surface area contributed by atoms with Crippen molar-refractivity contribution in [3.63, 3.8) is 0 Å². The van der Waals surface area contributed by atoms with Crippen LogP contribution in [-0.2, 0) is 12.0 Å². The molecule has 206 valence electrons. The number of carbonyl (C=O) groups is 2. The predicted molar refractivity (Wildman–Crippen MR) is 144 cm³/mol. The topological polar surface area (TPSA) is 138 Å². The summed E-state index contributed by atoms with van der Waals surface area (Å²) in [4.78, 5) is 41.3. The summed E-state index contributed by atoms with van der Waals surface area (Å²) in [6.07, 6.45) is 4.43. The Hall–Kier alpha value is -4.02. The van der Waals surface area contributed by atoms with Gasteiger partial charge in [0.05, 0.1) is 23.6 Å². The van der Waals surface area contributed by atoms with Gasteiger partial charge in [0, 0.05) is 37.2 Å². The minimum Gasteiger partial charge on any atom is -0.465 e. The normalized spacial score (nSPS) is 18.6. The van der Waals surface area contributed by atoms with E-state index in [0.29, 0.717) is 32.0 Å². The van der Waals surface area contributed by atoms with Crippen molar-refractivity contribution in [1.29, 1.82) is 0 Å². The lowest BCUT2D eigenvalue weighted by Gasteiger charge is -2.46. The van der Waals surface area contributed by atoms with E-state index in [0.717, 1.165) is 40.9 Å². The van der Waals surface area contributed by atoms with Crippen LogP contribution in [-0.4, -0.2) is 67.8 Å². The van der Waals surface area contributed by atoms with Crippen LogP contribution in [0.25, 0.3) is 11.3 Å². The Labute approximate surface area is 227 Å². The first-order valence-corrected chi connectivity index (χ1v) is 13.2. The van der Waals surface area contributed by atoms with Gasteiger partial charge in [0.1, 0.15) is 6.33 Å². The molecule has 1 aromatic carbocycles. The number of hydrogen-bond acceptors (Lipinski definition) is 8. The first kappa shape index (κ1) is 26.6. The van der Waals surface area contributed by atoms with Gasteiger partial charge in [-0.2, -0.15) is 4.98 Å². The zero-order chi connectivity index (χ0) is 27.9. The molecule has 11 nitrogen and oxygen atoms in total. The summed E-state index contributed by atoms with van der Waals surface area (Å²) in [5.41, 5.74) is 4.24. The van der Waals surface area contributed by atoms with E-state index in [1.807, 2.05) is 25.1 Å². The number of carboxylic acid groups (broad SMARTS) is 1. The SMILES string of the molecule is Cc1cc(-c2ncncc2N2CCN(C(=O)O)C(C(C)(C)C)C2)ccc1CNC(=O)c1nc(C2(C)CC2)no1. The van der Waals surface area contributed by atoms with Crippen LogP contribution in [0.5, 0.6) is 0 Å². The number of rotatable bonds is 6. The summed E-state index contributed by atoms with van der Waals surface area (Å²) in [5, 5.41) is 16.6. The van der Waals surface area contributed by atoms with Crippen LogP contribution >= 0.6 is 0 Å². The van der Waals surface area contributed by atoms with Gasteiger partial charge in [-0.3, -0.25) is 4.79 Å². The summed E-state index contributed by atoms with van der Waals surface area (Å²) in [7, 11) is 0. The monoisotopic (exact) mass is 533 g/mol. The van der Waals surface area contributed by atoms with E-state index in [2.05, 4.69) is 58.0 Å². The lowest BCUT2D eigenvalue weighted by molar-refractivity contribution is 0.0748. The molecule has 0 radical (unpaired) electrons. The first-order valence-electron chi connectivity index (χ1n) is 13.2. The molecule has 1 atom stereocenters. The molecule has 5 rings (SSSR count). The van der Waals surface area contributed by atoms with E-state index < -0.39 is 12.0 Å². The maximum Gasteiger partial charge on any atom is 0.407 e. The Kier molecular flexibility index (Phi) is 6.77. The van der Waals surface area contributed by atoms with Gasteiger partial charge in [-0.05, 0) is 42.4 Å². The summed E-state index contributed by atoms with van der Waals surface area (Å²) in [6.45, 7) is 12.1. The van der Waals surface area contributed by atoms with Gasteiger partial charge in [-0.15, -0.1) is 0 Å². The second kappa shape index (κ2) is 9.94. The van der Waals surface area contributed by atoms with E-state index in [-0.39, 0.29) is 22.8 Å². The van der Waals surface area contributed by atoms with Crippen LogP contribution in [0.4, 0.5) is 10.5 Å². The van der Waals surface area contributed by atoms with Crippen LogP contribution in [0, 0.1) is 12.3 Å². The molecule has 0 spiro atoms. The van der Waals surface area contributed by atoms with Gasteiger partial charge in [-0.1, -0.05) is 45.0 Å². The third kappa shape index (κ3) is 5.43. The average Bonchev–Trinajstić information content (AvgIpc) is 3.44. The molecule has 11 heteroatoms. The molecular formula is C28H35N7O4. The number of nitrogens with zero attached hydrogens (tertiary/aromatic N) is 6. The van der Waals surface area contributed by atoms with Gasteiger partial charge in [0.2, 0.25) is 0 Å². The molecule has 1 saturated carbocycles. The van der Waals surface area contributed by atoms with Crippen LogP contribution < -0.4 is 10.2 Å². The number of benzene rings is 1. The summed E-state index contributed by atoms with van der Waals surface area (Å²) < 4.78 is 5.18. The van der Waals surface area contributed by atoms with E-state index in [9.17, 15) is 14.7 Å². The van der Waals surface area contributed by atoms with Crippen molar-refractivity contribution in [2.75, 3.05) is 24.5 Å². The van der Waals surface area contributed by atoms with Crippen LogP contribution in [0.15, 0.2) is 35.2 Å². The number of aryl methyl sites for hydroxylation is 1. The molecule has 3 heterocycles. The fourth-order valence-electron chi connectivity index (χ4n) is 5.01. The fourth-order valence-corrected chi connectivity index (χ4v) is 5.01. The second-order valence-corrected chi connectivity index (χ2v) is 11.9. The quantitative estimate of drug-likeness (QED) is 0.481. The Morgan fingerprint density at radius 2 is 2.00 bits per heavy atom. The van der Waals surface area contributed by atoms with Gasteiger partial charge in [-0.25, -0.2) is 14.8 Å². The molecule has 1 unspecified atom stereocenters. The molecular weight excluding hydrogens is 498 g/mol. The van der Waals surface area contributed by atoms with E-state index in [1.165, 1.54) is 11.2 Å². The van der Waals surface area contributed by atoms with Crippen molar-refractivity contribution in [2.24, 2.45) is 5.41 Å². The number of amides is 2. The van der Waals surface area contributed by atoms with Crippen molar-refractivity contribution in [3.05, 3.63) is 53.6 Å². The Morgan fingerprint density at radius 1 is 1.23 bits per heavy atom. The fraction of sp³-hybridized carbons (Fsp3) is 0.500. The van der Waals surface area contributed by atoms with Gasteiger partial charge >= 0.3 is 17.9 Å². The smallest absolute Gasteiger partial charge is 0.407 e. The molecule has 1 aliphatic heterocycles. The molecule has 2 N–H and O–H groups in total. The molecule has 3 aromatic rings. The van der Waals surface area contributed by atoms with Crippen molar-refractivity contribution >= 4 is 17.7 Å². The third-order valence-electron chi connectivity index (χ3n) is 7.87. The number of hydrogen-bond donors (Lipinski definition) is 2. The van der Waals surface area contributed by atoms with Crippen LogP contribution in [0.3, 0.4) is 0 Å². The molecule has 1 aliphatic carbocycles. The van der Waals surface area contributed by atoms with Crippen molar-refractivity contribution < 1.29 is 19.2 Å². The molecule has 39 heavy (non-hydrogen) atoms. The maximum atomic E-state index is 12.6. The molecule has 2 aromatic heterocycles. The number of anilines is 1. The van der Waals surface area contributed by atoms with Gasteiger partial charge in [0.25, 0.3) is 0 Å². The summed E-state index contributed by atoms with van der Waals surface area (Å²) in [5.74, 6) is 0.176. The summed E-state index contributed by atoms with van der Waals surface area (Å²) in [6, 6.07) is 5.82. The predicted octanol–water partition coefficient (Wildman–Crippen LogP) is 4.03. The molecule has 2 fully saturated rings. The van der Waals surface area contributed by atoms with Gasteiger partial charge in [0.15, 0.2) is 5.82 Å². The van der Waals surface area contributed by atoms with Crippen molar-refractivity contribution in [1.82, 2.24) is 30.3 Å². The lowest BCUT2D eigenvalue weighted by Crippen LogP contribution is -2.59. The van der Waals surface area contributed by atoms with E-state index in [4.69, 9.17) is 4.52 Å². The van der Waals surface area contributed by atoms with Crippen LogP contribution in [0.1, 0.15) is 68.2 Å². The standard InChI is InChI=1S/C28H35N7O4/c1-17-12-18(6-7-19(17)13-30-23(36)24-32-25(33-39-24)28(5)8-9-28)22-20(14-29-16-31-22)34-10-11-35(26(37)38)21(15-34)27(2,3)4/h6-7,12,14,16,21H,8-11,13,15H2,1-5H3,(H,30,36)(H,37,38). The Morgan fingerprint density at radius 3 is 2.67 bits per heavy atom. The molecule has 1 saturated heterocycles. The highest BCUT2D eigenvalue weighted by Gasteiger charge is 2.44. The minimum absolute atomic E-state index is 0.0189. The largest absolute Gasteiger partial charge is 0.465 e. The minimum atomic E-state index is -0.894.